The molecule has 0 saturated carbocycles. The van der Waals surface area contributed by atoms with E-state index in [4.69, 9.17) is 11.6 Å². The highest BCUT2D eigenvalue weighted by molar-refractivity contribution is 7.15. The number of aromatic nitrogens is 3. The highest BCUT2D eigenvalue weighted by Crippen LogP contribution is 2.20. The van der Waals surface area contributed by atoms with E-state index in [2.05, 4.69) is 32.7 Å². The molecule has 1 amide bonds. The number of anilines is 2. The second-order valence-corrected chi connectivity index (χ2v) is 5.73. The number of nitrogens with zero attached hydrogens (tertiary/aromatic N) is 3. The van der Waals surface area contributed by atoms with Crippen LogP contribution >= 0.6 is 22.9 Å². The second-order valence-electron chi connectivity index (χ2n) is 4.26. The number of halogens is 1. The van der Waals surface area contributed by atoms with E-state index in [0.29, 0.717) is 16.0 Å². The van der Waals surface area contributed by atoms with E-state index in [9.17, 15) is 4.79 Å². The largest absolute Gasteiger partial charge is 0.370 e. The smallest absolute Gasteiger partial charge is 0.277 e. The average Bonchev–Trinajstić information content (AvgIpc) is 2.94. The molecule has 2 rings (SSSR count). The number of amides is 1. The van der Waals surface area contributed by atoms with Gasteiger partial charge in [-0.3, -0.25) is 10.1 Å². The standard InChI is InChI=1S/C13H16ClN5OS/c1-3-7-15-9-6-5-8(14)11(16-9)12(20)17-13-19-18-10(4-2)21-13/h5-6H,3-4,7H2,1-2H3,(H,15,16)(H,17,19,20). The van der Waals surface area contributed by atoms with Gasteiger partial charge in [0.05, 0.1) is 5.02 Å². The van der Waals surface area contributed by atoms with Crippen LogP contribution in [0.4, 0.5) is 10.9 Å². The van der Waals surface area contributed by atoms with Crippen molar-refractivity contribution in [3.63, 3.8) is 0 Å². The Morgan fingerprint density at radius 1 is 1.33 bits per heavy atom. The Labute approximate surface area is 132 Å². The zero-order valence-electron chi connectivity index (χ0n) is 11.8. The van der Waals surface area contributed by atoms with Crippen molar-refractivity contribution < 1.29 is 4.79 Å². The Balaban J connectivity index is 2.13. The first-order valence-corrected chi connectivity index (χ1v) is 7.87. The van der Waals surface area contributed by atoms with Crippen LogP contribution in [0, 0.1) is 0 Å². The molecule has 0 saturated heterocycles. The maximum Gasteiger partial charge on any atom is 0.277 e. The van der Waals surface area contributed by atoms with E-state index in [1.54, 1.807) is 12.1 Å². The molecule has 2 heterocycles. The van der Waals surface area contributed by atoms with Gasteiger partial charge in [0.2, 0.25) is 5.13 Å². The van der Waals surface area contributed by atoms with Gasteiger partial charge in [0.25, 0.3) is 5.91 Å². The van der Waals surface area contributed by atoms with Crippen molar-refractivity contribution in [2.75, 3.05) is 17.2 Å². The second kappa shape index (κ2) is 7.33. The van der Waals surface area contributed by atoms with E-state index in [-0.39, 0.29) is 11.6 Å². The molecule has 0 spiro atoms. The van der Waals surface area contributed by atoms with Crippen LogP contribution in [-0.2, 0) is 6.42 Å². The Kier molecular flexibility index (Phi) is 5.46. The fourth-order valence-corrected chi connectivity index (χ4v) is 2.42. The molecule has 0 aliphatic rings. The molecule has 2 aromatic heterocycles. The lowest BCUT2D eigenvalue weighted by atomic mass is 10.3. The van der Waals surface area contributed by atoms with Crippen LogP contribution in [0.15, 0.2) is 12.1 Å². The van der Waals surface area contributed by atoms with Crippen LogP contribution in [0.2, 0.25) is 5.02 Å². The van der Waals surface area contributed by atoms with Crippen molar-refractivity contribution in [3.05, 3.63) is 27.9 Å². The number of nitrogens with one attached hydrogen (secondary N) is 2. The van der Waals surface area contributed by atoms with Gasteiger partial charge in [0, 0.05) is 6.54 Å². The number of pyridine rings is 1. The van der Waals surface area contributed by atoms with E-state index in [1.807, 2.05) is 6.92 Å². The third kappa shape index (κ3) is 4.12. The van der Waals surface area contributed by atoms with Crippen LogP contribution in [0.5, 0.6) is 0 Å². The number of hydrogen-bond acceptors (Lipinski definition) is 6. The first-order valence-electron chi connectivity index (χ1n) is 6.68. The summed E-state index contributed by atoms with van der Waals surface area (Å²) in [5.41, 5.74) is 0.172. The summed E-state index contributed by atoms with van der Waals surface area (Å²) in [7, 11) is 0. The average molecular weight is 326 g/mol. The summed E-state index contributed by atoms with van der Waals surface area (Å²) in [6, 6.07) is 3.40. The molecule has 21 heavy (non-hydrogen) atoms. The van der Waals surface area contributed by atoms with Crippen LogP contribution in [0.25, 0.3) is 0 Å². The lowest BCUT2D eigenvalue weighted by molar-refractivity contribution is 0.102. The molecular formula is C13H16ClN5OS. The van der Waals surface area contributed by atoms with Crippen molar-refractivity contribution in [3.8, 4) is 0 Å². The molecule has 0 fully saturated rings. The number of hydrogen-bond donors (Lipinski definition) is 2. The van der Waals surface area contributed by atoms with Gasteiger partial charge < -0.3 is 5.32 Å². The molecule has 2 N–H and O–H groups in total. The maximum absolute atomic E-state index is 12.2. The summed E-state index contributed by atoms with van der Waals surface area (Å²) in [6.45, 7) is 4.82. The fraction of sp³-hybridized carbons (Fsp3) is 0.385. The van der Waals surface area contributed by atoms with Crippen LogP contribution < -0.4 is 10.6 Å². The molecule has 0 bridgehead atoms. The molecular weight excluding hydrogens is 310 g/mol. The predicted octanol–water partition coefficient (Wildman–Crippen LogP) is 3.22. The summed E-state index contributed by atoms with van der Waals surface area (Å²) < 4.78 is 0. The Morgan fingerprint density at radius 3 is 2.81 bits per heavy atom. The van der Waals surface area contributed by atoms with Gasteiger partial charge in [-0.15, -0.1) is 10.2 Å². The number of carbonyl (C=O) groups is 1. The molecule has 2 aromatic rings. The maximum atomic E-state index is 12.2. The fourth-order valence-electron chi connectivity index (χ4n) is 1.56. The Morgan fingerprint density at radius 2 is 2.14 bits per heavy atom. The molecule has 0 aliphatic carbocycles. The highest BCUT2D eigenvalue weighted by atomic mass is 35.5. The number of rotatable bonds is 6. The molecule has 8 heteroatoms. The van der Waals surface area contributed by atoms with Crippen molar-refractivity contribution in [1.29, 1.82) is 0 Å². The van der Waals surface area contributed by atoms with Gasteiger partial charge in [-0.2, -0.15) is 0 Å². The summed E-state index contributed by atoms with van der Waals surface area (Å²) >= 11 is 7.38. The lowest BCUT2D eigenvalue weighted by Crippen LogP contribution is -2.15. The van der Waals surface area contributed by atoms with E-state index < -0.39 is 0 Å². The lowest BCUT2D eigenvalue weighted by Gasteiger charge is -2.07. The minimum Gasteiger partial charge on any atom is -0.370 e. The SMILES string of the molecule is CCCNc1ccc(Cl)c(C(=O)Nc2nnc(CC)s2)n1. The van der Waals surface area contributed by atoms with Gasteiger partial charge in [-0.25, -0.2) is 4.98 Å². The normalized spacial score (nSPS) is 10.4. The Hall–Kier alpha value is -1.73. The third-order valence-corrected chi connectivity index (χ3v) is 3.89. The summed E-state index contributed by atoms with van der Waals surface area (Å²) in [4.78, 5) is 16.4. The van der Waals surface area contributed by atoms with Gasteiger partial charge in [-0.1, -0.05) is 36.8 Å². The van der Waals surface area contributed by atoms with Crippen molar-refractivity contribution in [1.82, 2.24) is 15.2 Å². The monoisotopic (exact) mass is 325 g/mol. The topological polar surface area (TPSA) is 79.8 Å². The minimum atomic E-state index is -0.390. The Bertz CT molecular complexity index is 631. The zero-order chi connectivity index (χ0) is 15.2. The van der Waals surface area contributed by atoms with Crippen molar-refractivity contribution >= 4 is 39.8 Å². The van der Waals surface area contributed by atoms with E-state index in [0.717, 1.165) is 24.4 Å². The van der Waals surface area contributed by atoms with E-state index in [1.165, 1.54) is 11.3 Å². The molecule has 6 nitrogen and oxygen atoms in total. The van der Waals surface area contributed by atoms with Crippen LogP contribution in [0.1, 0.15) is 35.8 Å². The quantitative estimate of drug-likeness (QED) is 0.852. The minimum absolute atomic E-state index is 0.172. The predicted molar refractivity (Wildman–Crippen MR) is 85.3 cm³/mol. The van der Waals surface area contributed by atoms with Gasteiger partial charge in [0.15, 0.2) is 0 Å². The molecule has 0 radical (unpaired) electrons. The van der Waals surface area contributed by atoms with Gasteiger partial charge >= 0.3 is 0 Å². The summed E-state index contributed by atoms with van der Waals surface area (Å²) in [6.07, 6.45) is 1.75. The first-order chi connectivity index (χ1) is 10.1. The van der Waals surface area contributed by atoms with Crippen molar-refractivity contribution in [2.24, 2.45) is 0 Å². The number of aryl methyl sites for hydroxylation is 1. The molecule has 0 aliphatic heterocycles. The van der Waals surface area contributed by atoms with Gasteiger partial charge in [-0.05, 0) is 25.0 Å². The molecule has 112 valence electrons. The number of carbonyl (C=O) groups excluding carboxylic acids is 1. The molecule has 0 aromatic carbocycles. The van der Waals surface area contributed by atoms with Crippen LogP contribution in [-0.4, -0.2) is 27.6 Å². The van der Waals surface area contributed by atoms with Crippen LogP contribution in [0.3, 0.4) is 0 Å². The third-order valence-electron chi connectivity index (χ3n) is 2.61. The summed E-state index contributed by atoms with van der Waals surface area (Å²) in [5, 5.41) is 15.3. The highest BCUT2D eigenvalue weighted by Gasteiger charge is 2.15. The molecule has 0 unspecified atom stereocenters. The first kappa shape index (κ1) is 15.7. The molecule has 0 atom stereocenters. The zero-order valence-corrected chi connectivity index (χ0v) is 13.4. The van der Waals surface area contributed by atoms with Gasteiger partial charge in [0.1, 0.15) is 16.5 Å². The van der Waals surface area contributed by atoms with Crippen molar-refractivity contribution in [2.45, 2.75) is 26.7 Å². The summed E-state index contributed by atoms with van der Waals surface area (Å²) in [5.74, 6) is 0.233. The van der Waals surface area contributed by atoms with E-state index >= 15 is 0 Å².